The maximum Gasteiger partial charge on any atom is 0.253 e. The molecule has 1 aliphatic heterocycles. The zero-order valence-electron chi connectivity index (χ0n) is 16.0. The Morgan fingerprint density at radius 3 is 2.17 bits per heavy atom. The standard InChI is InChI=1S/C21H23BrN2O4S/c22-19-9-7-17(8-10-19)15-29(27,28)16-20(25)23-11-4-12-24(14-13-23)21(26)18-5-2-1-3-6-18/h1-3,5-10H,4,11-16H2. The monoisotopic (exact) mass is 478 g/mol. The van der Waals surface area contributed by atoms with E-state index in [-0.39, 0.29) is 11.7 Å². The first kappa shape index (κ1) is 21.5. The van der Waals surface area contributed by atoms with Crippen LogP contribution in [0.2, 0.25) is 0 Å². The van der Waals surface area contributed by atoms with Crippen molar-refractivity contribution < 1.29 is 18.0 Å². The van der Waals surface area contributed by atoms with Gasteiger partial charge in [-0.1, -0.05) is 46.3 Å². The molecule has 0 saturated carbocycles. The van der Waals surface area contributed by atoms with Crippen LogP contribution in [0.3, 0.4) is 0 Å². The third-order valence-electron chi connectivity index (χ3n) is 4.80. The Hall–Kier alpha value is -2.19. The van der Waals surface area contributed by atoms with Crippen LogP contribution in [0.15, 0.2) is 59.1 Å². The minimum Gasteiger partial charge on any atom is -0.340 e. The fourth-order valence-electron chi connectivity index (χ4n) is 3.30. The highest BCUT2D eigenvalue weighted by Crippen LogP contribution is 2.14. The third kappa shape index (κ3) is 6.14. The lowest BCUT2D eigenvalue weighted by Crippen LogP contribution is -2.39. The lowest BCUT2D eigenvalue weighted by molar-refractivity contribution is -0.128. The Morgan fingerprint density at radius 2 is 1.48 bits per heavy atom. The number of hydrogen-bond acceptors (Lipinski definition) is 4. The highest BCUT2D eigenvalue weighted by atomic mass is 79.9. The minimum atomic E-state index is -3.57. The summed E-state index contributed by atoms with van der Waals surface area (Å²) in [7, 11) is -3.57. The second-order valence-corrected chi connectivity index (χ2v) is 10.0. The van der Waals surface area contributed by atoms with Gasteiger partial charge in [-0.3, -0.25) is 9.59 Å². The van der Waals surface area contributed by atoms with E-state index in [1.54, 1.807) is 46.2 Å². The molecule has 1 aliphatic rings. The van der Waals surface area contributed by atoms with Crippen molar-refractivity contribution in [1.29, 1.82) is 0 Å². The van der Waals surface area contributed by atoms with Gasteiger partial charge in [-0.05, 0) is 36.2 Å². The Kier molecular flexibility index (Phi) is 7.08. The molecule has 3 rings (SSSR count). The second-order valence-electron chi connectivity index (χ2n) is 7.05. The van der Waals surface area contributed by atoms with Crippen LogP contribution in [-0.4, -0.2) is 62.0 Å². The number of hydrogen-bond donors (Lipinski definition) is 0. The molecule has 0 aliphatic carbocycles. The van der Waals surface area contributed by atoms with Gasteiger partial charge in [-0.15, -0.1) is 0 Å². The van der Waals surface area contributed by atoms with Gasteiger partial charge in [0.15, 0.2) is 9.84 Å². The summed E-state index contributed by atoms with van der Waals surface area (Å²) in [6, 6.07) is 16.0. The van der Waals surface area contributed by atoms with E-state index in [1.165, 1.54) is 0 Å². The highest BCUT2D eigenvalue weighted by molar-refractivity contribution is 9.10. The molecule has 0 radical (unpaired) electrons. The van der Waals surface area contributed by atoms with Gasteiger partial charge in [-0.2, -0.15) is 0 Å². The summed E-state index contributed by atoms with van der Waals surface area (Å²) in [5, 5.41) is 0. The van der Waals surface area contributed by atoms with Gasteiger partial charge in [0, 0.05) is 36.2 Å². The van der Waals surface area contributed by atoms with Gasteiger partial charge in [0.1, 0.15) is 5.75 Å². The molecule has 2 aromatic rings. The number of benzene rings is 2. The van der Waals surface area contributed by atoms with Crippen molar-refractivity contribution in [3.05, 3.63) is 70.2 Å². The fraction of sp³-hybridized carbons (Fsp3) is 0.333. The summed E-state index contributed by atoms with van der Waals surface area (Å²) in [6.45, 7) is 1.73. The van der Waals surface area contributed by atoms with Gasteiger partial charge in [-0.25, -0.2) is 8.42 Å². The Labute approximate surface area is 179 Å². The van der Waals surface area contributed by atoms with Gasteiger partial charge in [0.2, 0.25) is 5.91 Å². The number of sulfone groups is 1. The van der Waals surface area contributed by atoms with E-state index in [0.717, 1.165) is 4.47 Å². The molecule has 1 fully saturated rings. The molecule has 6 nitrogen and oxygen atoms in total. The van der Waals surface area contributed by atoms with Crippen LogP contribution in [0.1, 0.15) is 22.3 Å². The van der Waals surface area contributed by atoms with Gasteiger partial charge in [0.25, 0.3) is 5.91 Å². The summed E-state index contributed by atoms with van der Waals surface area (Å²) in [4.78, 5) is 28.5. The maximum atomic E-state index is 12.6. The molecule has 8 heteroatoms. The van der Waals surface area contributed by atoms with Crippen LogP contribution in [0.25, 0.3) is 0 Å². The number of rotatable bonds is 5. The third-order valence-corrected chi connectivity index (χ3v) is 6.79. The molecule has 0 unspecified atom stereocenters. The molecule has 0 atom stereocenters. The highest BCUT2D eigenvalue weighted by Gasteiger charge is 2.26. The van der Waals surface area contributed by atoms with E-state index in [9.17, 15) is 18.0 Å². The largest absolute Gasteiger partial charge is 0.340 e. The number of carbonyl (C=O) groups is 2. The molecule has 2 amide bonds. The molecule has 0 bridgehead atoms. The van der Waals surface area contributed by atoms with E-state index in [2.05, 4.69) is 15.9 Å². The molecule has 154 valence electrons. The predicted octanol–water partition coefficient (Wildman–Crippen LogP) is 2.74. The van der Waals surface area contributed by atoms with Crippen molar-refractivity contribution in [1.82, 2.24) is 9.80 Å². The van der Waals surface area contributed by atoms with E-state index >= 15 is 0 Å². The van der Waals surface area contributed by atoms with E-state index in [4.69, 9.17) is 0 Å². The quantitative estimate of drug-likeness (QED) is 0.661. The van der Waals surface area contributed by atoms with Crippen LogP contribution >= 0.6 is 15.9 Å². The molecule has 0 aromatic heterocycles. The van der Waals surface area contributed by atoms with Gasteiger partial charge in [0.05, 0.1) is 5.75 Å². The van der Waals surface area contributed by atoms with Gasteiger partial charge < -0.3 is 9.80 Å². The smallest absolute Gasteiger partial charge is 0.253 e. The van der Waals surface area contributed by atoms with Crippen molar-refractivity contribution in [3.8, 4) is 0 Å². The van der Waals surface area contributed by atoms with Crippen molar-refractivity contribution >= 4 is 37.6 Å². The summed E-state index contributed by atoms with van der Waals surface area (Å²) in [5.41, 5.74) is 1.26. The summed E-state index contributed by atoms with van der Waals surface area (Å²) in [5.74, 6) is -1.16. The zero-order chi connectivity index (χ0) is 20.9. The van der Waals surface area contributed by atoms with E-state index in [0.29, 0.717) is 43.7 Å². The first-order valence-electron chi connectivity index (χ1n) is 9.41. The minimum absolute atomic E-state index is 0.0669. The molecule has 1 heterocycles. The predicted molar refractivity (Wildman–Crippen MR) is 115 cm³/mol. The van der Waals surface area contributed by atoms with Crippen molar-refractivity contribution in [2.75, 3.05) is 31.9 Å². The number of nitrogens with zero attached hydrogens (tertiary/aromatic N) is 2. The maximum absolute atomic E-state index is 12.6. The Morgan fingerprint density at radius 1 is 0.862 bits per heavy atom. The lowest BCUT2D eigenvalue weighted by Gasteiger charge is -2.22. The Bertz CT molecular complexity index is 962. The first-order valence-corrected chi connectivity index (χ1v) is 12.0. The zero-order valence-corrected chi connectivity index (χ0v) is 18.4. The normalized spacial score (nSPS) is 15.1. The molecule has 2 aromatic carbocycles. The van der Waals surface area contributed by atoms with Crippen LogP contribution < -0.4 is 0 Å². The van der Waals surface area contributed by atoms with Gasteiger partial charge >= 0.3 is 0 Å². The number of halogens is 1. The molecule has 0 spiro atoms. The van der Waals surface area contributed by atoms with Crippen molar-refractivity contribution in [3.63, 3.8) is 0 Å². The molecule has 1 saturated heterocycles. The molecule has 0 N–H and O–H groups in total. The number of amides is 2. The molecular weight excluding hydrogens is 456 g/mol. The average Bonchev–Trinajstić information content (AvgIpc) is 2.96. The van der Waals surface area contributed by atoms with Crippen LogP contribution in [0.5, 0.6) is 0 Å². The second kappa shape index (κ2) is 9.54. The van der Waals surface area contributed by atoms with Crippen LogP contribution in [0, 0.1) is 0 Å². The van der Waals surface area contributed by atoms with Crippen molar-refractivity contribution in [2.45, 2.75) is 12.2 Å². The fourth-order valence-corrected chi connectivity index (χ4v) is 4.92. The topological polar surface area (TPSA) is 74.8 Å². The van der Waals surface area contributed by atoms with E-state index < -0.39 is 21.5 Å². The Balaban J connectivity index is 1.57. The summed E-state index contributed by atoms with van der Waals surface area (Å²) >= 11 is 3.32. The lowest BCUT2D eigenvalue weighted by atomic mass is 10.2. The van der Waals surface area contributed by atoms with Crippen molar-refractivity contribution in [2.24, 2.45) is 0 Å². The van der Waals surface area contributed by atoms with Crippen LogP contribution in [0.4, 0.5) is 0 Å². The summed E-state index contributed by atoms with van der Waals surface area (Å²) in [6.07, 6.45) is 0.622. The average molecular weight is 479 g/mol. The molecule has 29 heavy (non-hydrogen) atoms. The van der Waals surface area contributed by atoms with E-state index in [1.807, 2.05) is 18.2 Å². The SMILES string of the molecule is O=C(CS(=O)(=O)Cc1ccc(Br)cc1)N1CCCN(C(=O)c2ccccc2)CC1. The summed E-state index contributed by atoms with van der Waals surface area (Å²) < 4.78 is 25.8. The first-order chi connectivity index (χ1) is 13.8. The number of carbonyl (C=O) groups excluding carboxylic acids is 2. The molecular formula is C21H23BrN2O4S. The van der Waals surface area contributed by atoms with Crippen LogP contribution in [-0.2, 0) is 20.4 Å².